The van der Waals surface area contributed by atoms with Gasteiger partial charge in [0.05, 0.1) is 17.6 Å². The van der Waals surface area contributed by atoms with E-state index in [4.69, 9.17) is 0 Å². The second kappa shape index (κ2) is 9.31. The molecule has 29 heavy (non-hydrogen) atoms. The maximum Gasteiger partial charge on any atom is 0.227 e. The minimum absolute atomic E-state index is 0.00790. The molecular weight excluding hydrogens is 384 g/mol. The molecule has 0 saturated carbocycles. The molecule has 3 heterocycles. The molecule has 2 aromatic rings. The number of carbonyl (C=O) groups is 2. The molecule has 152 valence electrons. The highest BCUT2D eigenvalue weighted by Gasteiger charge is 2.23. The number of thioether (sulfide) groups is 1. The van der Waals surface area contributed by atoms with Crippen molar-refractivity contribution in [2.24, 2.45) is 0 Å². The number of fused-ring (bicyclic) bond motifs is 1. The van der Waals surface area contributed by atoms with Gasteiger partial charge in [0.25, 0.3) is 0 Å². The van der Waals surface area contributed by atoms with Crippen molar-refractivity contribution in [3.8, 4) is 0 Å². The number of rotatable bonds is 5. The van der Waals surface area contributed by atoms with Gasteiger partial charge in [0, 0.05) is 43.1 Å². The summed E-state index contributed by atoms with van der Waals surface area (Å²) in [5.74, 6) is 1.67. The van der Waals surface area contributed by atoms with Crippen LogP contribution in [0.5, 0.6) is 0 Å². The van der Waals surface area contributed by atoms with E-state index < -0.39 is 0 Å². The van der Waals surface area contributed by atoms with Crippen molar-refractivity contribution < 1.29 is 9.59 Å². The van der Waals surface area contributed by atoms with Gasteiger partial charge in [-0.3, -0.25) is 9.59 Å². The van der Waals surface area contributed by atoms with Gasteiger partial charge in [-0.25, -0.2) is 4.98 Å². The first-order valence-corrected chi connectivity index (χ1v) is 11.2. The number of piperidine rings is 1. The number of pyridine rings is 1. The zero-order chi connectivity index (χ0) is 20.1. The van der Waals surface area contributed by atoms with E-state index in [-0.39, 0.29) is 24.7 Å². The predicted octanol–water partition coefficient (Wildman–Crippen LogP) is 3.93. The Morgan fingerprint density at radius 3 is 2.62 bits per heavy atom. The number of hydrogen-bond donors (Lipinski definition) is 1. The first kappa shape index (κ1) is 19.8. The van der Waals surface area contributed by atoms with Gasteiger partial charge in [0.1, 0.15) is 5.82 Å². The third kappa shape index (κ3) is 4.90. The van der Waals surface area contributed by atoms with E-state index in [1.807, 2.05) is 36.4 Å². The quantitative estimate of drug-likeness (QED) is 0.809. The average molecular weight is 411 g/mol. The number of amides is 2. The molecule has 0 spiro atoms. The average Bonchev–Trinajstić information content (AvgIpc) is 2.78. The summed E-state index contributed by atoms with van der Waals surface area (Å²) in [6.45, 7) is 2.77. The van der Waals surface area contributed by atoms with E-state index in [9.17, 15) is 9.59 Å². The van der Waals surface area contributed by atoms with Crippen molar-refractivity contribution in [2.75, 3.05) is 40.5 Å². The smallest absolute Gasteiger partial charge is 0.227 e. The van der Waals surface area contributed by atoms with Gasteiger partial charge in [0.2, 0.25) is 11.8 Å². The zero-order valence-electron chi connectivity index (χ0n) is 16.5. The van der Waals surface area contributed by atoms with E-state index in [0.717, 1.165) is 35.2 Å². The van der Waals surface area contributed by atoms with Crippen molar-refractivity contribution in [3.63, 3.8) is 0 Å². The van der Waals surface area contributed by atoms with Crippen LogP contribution in [0.4, 0.5) is 17.2 Å². The highest BCUT2D eigenvalue weighted by Crippen LogP contribution is 2.34. The molecule has 0 aliphatic carbocycles. The maximum absolute atomic E-state index is 12.7. The number of nitrogens with one attached hydrogen (secondary N) is 1. The number of para-hydroxylation sites is 1. The Morgan fingerprint density at radius 1 is 1.00 bits per heavy atom. The number of carbonyl (C=O) groups excluding carboxylic acids is 2. The minimum atomic E-state index is -0.162. The first-order chi connectivity index (χ1) is 14.2. The molecule has 2 aliphatic rings. The molecule has 2 aliphatic heterocycles. The largest absolute Gasteiger partial charge is 0.357 e. The Morgan fingerprint density at radius 2 is 1.83 bits per heavy atom. The van der Waals surface area contributed by atoms with Crippen LogP contribution < -0.4 is 15.1 Å². The number of benzene rings is 1. The summed E-state index contributed by atoms with van der Waals surface area (Å²) in [5.41, 5.74) is 1.62. The fourth-order valence-corrected chi connectivity index (χ4v) is 4.77. The summed E-state index contributed by atoms with van der Waals surface area (Å²) < 4.78 is 0. The number of hydrogen-bond acceptors (Lipinski definition) is 5. The molecule has 1 aromatic heterocycles. The molecule has 2 amide bonds. The summed E-state index contributed by atoms with van der Waals surface area (Å²) in [4.78, 5) is 34.6. The maximum atomic E-state index is 12.7. The summed E-state index contributed by atoms with van der Waals surface area (Å²) in [6.07, 6.45) is 5.75. The van der Waals surface area contributed by atoms with Crippen LogP contribution in [0.25, 0.3) is 0 Å². The molecule has 7 heteroatoms. The number of anilines is 3. The first-order valence-electron chi connectivity index (χ1n) is 10.2. The topological polar surface area (TPSA) is 65.5 Å². The van der Waals surface area contributed by atoms with E-state index in [2.05, 4.69) is 15.2 Å². The molecular formula is C22H26N4O2S. The lowest BCUT2D eigenvalue weighted by atomic mass is 10.1. The van der Waals surface area contributed by atoms with Gasteiger partial charge in [-0.05, 0) is 43.5 Å². The Bertz CT molecular complexity index is 865. The van der Waals surface area contributed by atoms with E-state index in [1.165, 1.54) is 19.3 Å². The predicted molar refractivity (Wildman–Crippen MR) is 118 cm³/mol. The molecule has 1 aromatic carbocycles. The van der Waals surface area contributed by atoms with Gasteiger partial charge in [-0.2, -0.15) is 0 Å². The summed E-state index contributed by atoms with van der Waals surface area (Å²) in [7, 11) is 0. The van der Waals surface area contributed by atoms with Gasteiger partial charge in [-0.1, -0.05) is 12.1 Å². The third-order valence-corrected chi connectivity index (χ3v) is 6.35. The van der Waals surface area contributed by atoms with E-state index >= 15 is 0 Å². The SMILES string of the molecule is O=C(CCC(=O)N1CCSc2ccccc21)Nc1ccc(N2CCCCC2)nc1. The van der Waals surface area contributed by atoms with E-state index in [0.29, 0.717) is 12.2 Å². The Balaban J connectivity index is 1.28. The fourth-order valence-electron chi connectivity index (χ4n) is 3.78. The third-order valence-electron chi connectivity index (χ3n) is 5.31. The molecule has 4 rings (SSSR count). The summed E-state index contributed by atoms with van der Waals surface area (Å²) >= 11 is 1.76. The molecule has 1 N–H and O–H groups in total. The van der Waals surface area contributed by atoms with Crippen molar-refractivity contribution in [1.82, 2.24) is 4.98 Å². The number of nitrogens with zero attached hydrogens (tertiary/aromatic N) is 3. The minimum Gasteiger partial charge on any atom is -0.357 e. The number of aromatic nitrogens is 1. The normalized spacial score (nSPS) is 16.3. The summed E-state index contributed by atoms with van der Waals surface area (Å²) in [6, 6.07) is 11.8. The van der Waals surface area contributed by atoms with Crippen LogP contribution >= 0.6 is 11.8 Å². The lowest BCUT2D eigenvalue weighted by Crippen LogP contribution is -2.35. The lowest BCUT2D eigenvalue weighted by molar-refractivity contribution is -0.122. The lowest BCUT2D eigenvalue weighted by Gasteiger charge is -2.29. The van der Waals surface area contributed by atoms with Crippen molar-refractivity contribution in [3.05, 3.63) is 42.6 Å². The molecule has 0 bridgehead atoms. The molecule has 0 unspecified atom stereocenters. The second-order valence-electron chi connectivity index (χ2n) is 7.36. The van der Waals surface area contributed by atoms with Crippen LogP contribution in [0.3, 0.4) is 0 Å². The van der Waals surface area contributed by atoms with Crippen LogP contribution in [0.2, 0.25) is 0 Å². The van der Waals surface area contributed by atoms with Crippen molar-refractivity contribution >= 4 is 40.8 Å². The molecule has 1 fully saturated rings. The molecule has 0 atom stereocenters. The highest BCUT2D eigenvalue weighted by molar-refractivity contribution is 7.99. The highest BCUT2D eigenvalue weighted by atomic mass is 32.2. The van der Waals surface area contributed by atoms with Crippen LogP contribution in [0, 0.1) is 0 Å². The Labute approximate surface area is 175 Å². The van der Waals surface area contributed by atoms with E-state index in [1.54, 1.807) is 22.9 Å². The van der Waals surface area contributed by atoms with Gasteiger partial charge in [-0.15, -0.1) is 11.8 Å². The van der Waals surface area contributed by atoms with Gasteiger partial charge in [0.15, 0.2) is 0 Å². The van der Waals surface area contributed by atoms with Gasteiger partial charge < -0.3 is 15.1 Å². The Kier molecular flexibility index (Phi) is 6.34. The monoisotopic (exact) mass is 410 g/mol. The Hall–Kier alpha value is -2.54. The van der Waals surface area contributed by atoms with Crippen LogP contribution in [0.15, 0.2) is 47.5 Å². The molecule has 1 saturated heterocycles. The van der Waals surface area contributed by atoms with Crippen LogP contribution in [0.1, 0.15) is 32.1 Å². The van der Waals surface area contributed by atoms with Crippen molar-refractivity contribution in [1.29, 1.82) is 0 Å². The molecule has 6 nitrogen and oxygen atoms in total. The molecule has 0 radical (unpaired) electrons. The van der Waals surface area contributed by atoms with Crippen molar-refractivity contribution in [2.45, 2.75) is 37.0 Å². The standard InChI is InChI=1S/C22H26N4O2S/c27-21(24-17-8-9-20(23-16-17)25-12-4-1-5-13-25)10-11-22(28)26-14-15-29-19-7-3-2-6-18(19)26/h2-3,6-9,16H,1,4-5,10-15H2,(H,24,27). The fraction of sp³-hybridized carbons (Fsp3) is 0.409. The summed E-state index contributed by atoms with van der Waals surface area (Å²) in [5, 5.41) is 2.85. The van der Waals surface area contributed by atoms with Gasteiger partial charge >= 0.3 is 0 Å². The zero-order valence-corrected chi connectivity index (χ0v) is 17.3. The van der Waals surface area contributed by atoms with Crippen LogP contribution in [-0.4, -0.2) is 42.2 Å². The van der Waals surface area contributed by atoms with Crippen LogP contribution in [-0.2, 0) is 9.59 Å². The second-order valence-corrected chi connectivity index (χ2v) is 8.50.